The van der Waals surface area contributed by atoms with Gasteiger partial charge in [-0.15, -0.1) is 0 Å². The molecule has 54 heavy (non-hydrogen) atoms. The van der Waals surface area contributed by atoms with Gasteiger partial charge in [0, 0.05) is 54.7 Å². The van der Waals surface area contributed by atoms with Crippen LogP contribution in [-0.2, 0) is 27.1 Å². The predicted molar refractivity (Wildman–Crippen MR) is 212 cm³/mol. The molecule has 13 nitrogen and oxygen atoms in total. The minimum Gasteiger partial charge on any atom is -0.494 e. The molecular weight excluding hydrogens is 727 g/mol. The summed E-state index contributed by atoms with van der Waals surface area (Å²) in [7, 11) is -0.915. The summed E-state index contributed by atoms with van der Waals surface area (Å²) in [5.74, 6) is 0.545. The number of ether oxygens (including phenoxy) is 1. The van der Waals surface area contributed by atoms with Crippen molar-refractivity contribution in [3.05, 3.63) is 88.6 Å². The van der Waals surface area contributed by atoms with E-state index in [-0.39, 0.29) is 18.2 Å². The second-order valence-electron chi connectivity index (χ2n) is 14.2. The van der Waals surface area contributed by atoms with Crippen LogP contribution in [0.2, 0.25) is 5.02 Å². The van der Waals surface area contributed by atoms with Crippen LogP contribution < -0.4 is 36.2 Å². The van der Waals surface area contributed by atoms with Gasteiger partial charge in [-0.25, -0.2) is 4.98 Å². The number of hydrogen-bond acceptors (Lipinski definition) is 11. The van der Waals surface area contributed by atoms with Crippen molar-refractivity contribution >= 4 is 70.6 Å². The maximum absolute atomic E-state index is 13.0. The van der Waals surface area contributed by atoms with E-state index in [1.807, 2.05) is 48.5 Å². The standard InChI is InChI=1S/C39H44ClN8O5P/c1-53-33-21-27(9-11-30(33)44-39-42-22-29(40)36(46-39)43-31-6-4-5-7-34(31)54(2,3)52)47-18-15-26(16-19-47)41-17-14-24-8-10-28-25(20-24)23-48(38(28)51)32-12-13-35(49)45-37(32)50/h4-11,20-22,26,32,41H,12-19,23H2,1-3H3,(H,45,49,50)(H2,42,43,44,46). The second-order valence-corrected chi connectivity index (χ2v) is 17.8. The molecule has 2 saturated heterocycles. The Balaban J connectivity index is 0.910. The number of methoxy groups -OCH3 is 1. The van der Waals surface area contributed by atoms with Gasteiger partial charge in [-0.05, 0) is 87.0 Å². The van der Waals surface area contributed by atoms with Crippen LogP contribution in [0.1, 0.15) is 47.2 Å². The molecule has 0 aliphatic carbocycles. The van der Waals surface area contributed by atoms with Crippen molar-refractivity contribution in [1.29, 1.82) is 0 Å². The number of fused-ring (bicyclic) bond motifs is 1. The van der Waals surface area contributed by atoms with Crippen molar-refractivity contribution in [3.63, 3.8) is 0 Å². The van der Waals surface area contributed by atoms with E-state index in [1.54, 1.807) is 25.3 Å². The van der Waals surface area contributed by atoms with Gasteiger partial charge in [0.05, 0.1) is 24.7 Å². The molecule has 3 aliphatic heterocycles. The number of hydrogen-bond donors (Lipinski definition) is 4. The van der Waals surface area contributed by atoms with E-state index in [0.29, 0.717) is 63.8 Å². The lowest BCUT2D eigenvalue weighted by atomic mass is 10.0. The first-order valence-electron chi connectivity index (χ1n) is 18.1. The number of nitrogens with zero attached hydrogens (tertiary/aromatic N) is 4. The number of carbonyl (C=O) groups is 3. The summed E-state index contributed by atoms with van der Waals surface area (Å²) >= 11 is 6.46. The summed E-state index contributed by atoms with van der Waals surface area (Å²) in [5.41, 5.74) is 5.15. The van der Waals surface area contributed by atoms with Gasteiger partial charge in [-0.3, -0.25) is 19.7 Å². The SMILES string of the molecule is COc1cc(N2CCC(NCCc3ccc4c(c3)CN(C3CCC(=O)NC3=O)C4=O)CC2)ccc1Nc1ncc(Cl)c(Nc2ccccc2P(C)(C)=O)n1. The molecular formula is C39H44ClN8O5P. The fourth-order valence-corrected chi connectivity index (χ4v) is 8.63. The molecule has 0 spiro atoms. The van der Waals surface area contributed by atoms with Gasteiger partial charge in [0.2, 0.25) is 17.8 Å². The molecule has 3 aliphatic rings. The van der Waals surface area contributed by atoms with Gasteiger partial charge >= 0.3 is 0 Å². The van der Waals surface area contributed by atoms with Crippen molar-refractivity contribution < 1.29 is 23.7 Å². The van der Waals surface area contributed by atoms with Gasteiger partial charge in [0.15, 0.2) is 5.82 Å². The average Bonchev–Trinajstić information content (AvgIpc) is 3.48. The number of amides is 3. The zero-order valence-corrected chi connectivity index (χ0v) is 32.2. The predicted octanol–water partition coefficient (Wildman–Crippen LogP) is 5.44. The third-order valence-corrected chi connectivity index (χ3v) is 12.0. The number of halogens is 1. The molecule has 1 atom stereocenters. The molecule has 1 unspecified atom stereocenters. The summed E-state index contributed by atoms with van der Waals surface area (Å²) in [5, 5.41) is 13.6. The Morgan fingerprint density at radius 1 is 0.981 bits per heavy atom. The number of piperidine rings is 2. The van der Waals surface area contributed by atoms with Crippen LogP contribution in [0.25, 0.3) is 0 Å². The second kappa shape index (κ2) is 15.8. The molecule has 1 aromatic heterocycles. The highest BCUT2D eigenvalue weighted by atomic mass is 35.5. The Morgan fingerprint density at radius 3 is 2.54 bits per heavy atom. The first kappa shape index (κ1) is 37.3. The number of imide groups is 1. The molecule has 0 bridgehead atoms. The molecule has 3 aromatic carbocycles. The number of nitrogens with one attached hydrogen (secondary N) is 4. The van der Waals surface area contributed by atoms with Crippen molar-refractivity contribution in [3.8, 4) is 5.75 Å². The maximum Gasteiger partial charge on any atom is 0.255 e. The molecule has 2 fully saturated rings. The monoisotopic (exact) mass is 770 g/mol. The van der Waals surface area contributed by atoms with E-state index in [2.05, 4.69) is 48.3 Å². The van der Waals surface area contributed by atoms with Gasteiger partial charge in [-0.2, -0.15) is 4.98 Å². The summed E-state index contributed by atoms with van der Waals surface area (Å²) in [6, 6.07) is 19.2. The van der Waals surface area contributed by atoms with Crippen molar-refractivity contribution in [2.75, 3.05) is 55.6 Å². The highest BCUT2D eigenvalue weighted by molar-refractivity contribution is 7.70. The van der Waals surface area contributed by atoms with Crippen LogP contribution in [0.3, 0.4) is 0 Å². The topological polar surface area (TPSA) is 158 Å². The third kappa shape index (κ3) is 8.23. The Morgan fingerprint density at radius 2 is 1.78 bits per heavy atom. The van der Waals surface area contributed by atoms with Crippen molar-refractivity contribution in [2.45, 2.75) is 50.7 Å². The van der Waals surface area contributed by atoms with Crippen molar-refractivity contribution in [2.24, 2.45) is 0 Å². The summed E-state index contributed by atoms with van der Waals surface area (Å²) in [4.78, 5) is 49.9. The largest absolute Gasteiger partial charge is 0.494 e. The quantitative estimate of drug-likeness (QED) is 0.108. The third-order valence-electron chi connectivity index (χ3n) is 10.2. The lowest BCUT2D eigenvalue weighted by molar-refractivity contribution is -0.136. The Kier molecular flexibility index (Phi) is 10.9. The van der Waals surface area contributed by atoms with E-state index >= 15 is 0 Å². The number of para-hydroxylation sites is 1. The molecule has 0 saturated carbocycles. The van der Waals surface area contributed by atoms with Crippen LogP contribution in [0.5, 0.6) is 5.75 Å². The van der Waals surface area contributed by atoms with E-state index in [9.17, 15) is 18.9 Å². The van der Waals surface area contributed by atoms with E-state index < -0.39 is 19.1 Å². The van der Waals surface area contributed by atoms with Crippen LogP contribution >= 0.6 is 18.7 Å². The van der Waals surface area contributed by atoms with Gasteiger partial charge in [-0.1, -0.05) is 35.9 Å². The fourth-order valence-electron chi connectivity index (χ4n) is 7.34. The van der Waals surface area contributed by atoms with Crippen LogP contribution in [-0.4, -0.2) is 84.7 Å². The maximum atomic E-state index is 13.0. The molecule has 282 valence electrons. The number of benzene rings is 3. The fraction of sp³-hybridized carbons (Fsp3) is 0.359. The minimum atomic E-state index is -2.55. The van der Waals surface area contributed by atoms with Gasteiger partial charge in [0.1, 0.15) is 24.0 Å². The zero-order chi connectivity index (χ0) is 38.0. The molecule has 4 N–H and O–H groups in total. The molecule has 0 radical (unpaired) electrons. The minimum absolute atomic E-state index is 0.150. The van der Waals surface area contributed by atoms with E-state index in [4.69, 9.17) is 16.3 Å². The lowest BCUT2D eigenvalue weighted by Crippen LogP contribution is -2.52. The van der Waals surface area contributed by atoms with Crippen LogP contribution in [0, 0.1) is 0 Å². The highest BCUT2D eigenvalue weighted by Crippen LogP contribution is 2.39. The number of anilines is 5. The van der Waals surface area contributed by atoms with E-state index in [0.717, 1.165) is 55.7 Å². The lowest BCUT2D eigenvalue weighted by Gasteiger charge is -2.34. The first-order chi connectivity index (χ1) is 26.0. The molecule has 4 aromatic rings. The number of aromatic nitrogens is 2. The highest BCUT2D eigenvalue weighted by Gasteiger charge is 2.39. The normalized spacial score (nSPS) is 17.7. The molecule has 7 rings (SSSR count). The van der Waals surface area contributed by atoms with Gasteiger partial charge in [0.25, 0.3) is 5.91 Å². The molecule has 4 heterocycles. The number of carbonyl (C=O) groups excluding carboxylic acids is 3. The Hall–Kier alpha value is -4.97. The van der Waals surface area contributed by atoms with Crippen LogP contribution in [0.4, 0.5) is 28.8 Å². The molecule has 15 heteroatoms. The average molecular weight is 771 g/mol. The van der Waals surface area contributed by atoms with Crippen molar-refractivity contribution in [1.82, 2.24) is 25.5 Å². The first-order valence-corrected chi connectivity index (χ1v) is 21.1. The Labute approximate surface area is 319 Å². The molecule has 3 amide bonds. The summed E-state index contributed by atoms with van der Waals surface area (Å²) in [6.07, 6.45) is 4.93. The smallest absolute Gasteiger partial charge is 0.255 e. The van der Waals surface area contributed by atoms with Crippen LogP contribution in [0.15, 0.2) is 66.9 Å². The zero-order valence-electron chi connectivity index (χ0n) is 30.5. The van der Waals surface area contributed by atoms with Gasteiger partial charge < -0.3 is 35.1 Å². The summed E-state index contributed by atoms with van der Waals surface area (Å²) in [6.45, 7) is 6.44. The summed E-state index contributed by atoms with van der Waals surface area (Å²) < 4.78 is 18.6. The Bertz CT molecular complexity index is 2140. The van der Waals surface area contributed by atoms with E-state index in [1.165, 1.54) is 6.20 Å². The number of rotatable bonds is 12.